The minimum Gasteiger partial charge on any atom is -0.305 e. The Morgan fingerprint density at radius 2 is 1.42 bits per heavy atom. The number of nitrogens with zero attached hydrogens (tertiary/aromatic N) is 3. The molecule has 165 valence electrons. The van der Waals surface area contributed by atoms with Gasteiger partial charge in [-0.15, -0.1) is 71.3 Å². The topological polar surface area (TPSA) is 38.7 Å². The summed E-state index contributed by atoms with van der Waals surface area (Å²) in [7, 11) is 0. The molecule has 3 nitrogen and oxygen atoms in total. The van der Waals surface area contributed by atoms with Crippen molar-refractivity contribution in [1.29, 1.82) is 0 Å². The van der Waals surface area contributed by atoms with Gasteiger partial charge in [0.1, 0.15) is 0 Å². The molecule has 0 saturated heterocycles. The first-order chi connectivity index (χ1) is 15.7. The maximum atomic E-state index is 4.54. The van der Waals surface area contributed by atoms with E-state index in [-0.39, 0.29) is 20.1 Å². The predicted octanol–water partition coefficient (Wildman–Crippen LogP) is 6.77. The van der Waals surface area contributed by atoms with Gasteiger partial charge >= 0.3 is 0 Å². The molecule has 0 amide bonds. The standard InChI is InChI=1S/C18H15N2.C11H8N.Ir/c1-13-12-19-18(20-14(13)2)17-10-6-9-16(11-17)15-7-4-3-5-8-15;1-2-6-10(7-3-1)11-8-4-5-9-12-11;/h3-9,11-12H,1-2H3;1-6,8-9H;/q2*-1;. The van der Waals surface area contributed by atoms with Gasteiger partial charge < -0.3 is 4.98 Å². The van der Waals surface area contributed by atoms with E-state index in [0.29, 0.717) is 0 Å². The van der Waals surface area contributed by atoms with Crippen molar-refractivity contribution in [2.24, 2.45) is 0 Å². The number of hydrogen-bond acceptors (Lipinski definition) is 3. The summed E-state index contributed by atoms with van der Waals surface area (Å²) in [5.74, 6) is 0.728. The fourth-order valence-electron chi connectivity index (χ4n) is 3.14. The molecule has 0 unspecified atom stereocenters. The Morgan fingerprint density at radius 3 is 2.12 bits per heavy atom. The molecule has 1 radical (unpaired) electrons. The van der Waals surface area contributed by atoms with Crippen LogP contribution in [-0.4, -0.2) is 15.0 Å². The molecule has 3 aromatic carbocycles. The summed E-state index contributed by atoms with van der Waals surface area (Å²) in [6.45, 7) is 4.02. The fraction of sp³-hybridized carbons (Fsp3) is 0.0690. The molecule has 2 heterocycles. The Labute approximate surface area is 209 Å². The fourth-order valence-corrected chi connectivity index (χ4v) is 3.14. The molecule has 33 heavy (non-hydrogen) atoms. The van der Waals surface area contributed by atoms with Crippen LogP contribution in [0, 0.1) is 26.0 Å². The summed E-state index contributed by atoms with van der Waals surface area (Å²) in [5, 5.41) is 0. The van der Waals surface area contributed by atoms with E-state index in [1.807, 2.05) is 86.8 Å². The monoisotopic (exact) mass is 606 g/mol. The van der Waals surface area contributed by atoms with Crippen molar-refractivity contribution in [2.45, 2.75) is 13.8 Å². The van der Waals surface area contributed by atoms with Crippen molar-refractivity contribution in [2.75, 3.05) is 0 Å². The zero-order valence-corrected chi connectivity index (χ0v) is 20.9. The molecule has 2 aromatic heterocycles. The Morgan fingerprint density at radius 1 is 0.667 bits per heavy atom. The first kappa shape index (κ1) is 24.2. The smallest absolute Gasteiger partial charge is 0.0751 e. The maximum Gasteiger partial charge on any atom is 0.0751 e. The third kappa shape index (κ3) is 6.52. The third-order valence-corrected chi connectivity index (χ3v) is 5.02. The molecule has 0 N–H and O–H groups in total. The number of hydrogen-bond donors (Lipinski definition) is 0. The third-order valence-electron chi connectivity index (χ3n) is 5.02. The van der Waals surface area contributed by atoms with Gasteiger partial charge in [-0.2, -0.15) is 0 Å². The average Bonchev–Trinajstić information content (AvgIpc) is 2.88. The van der Waals surface area contributed by atoms with Gasteiger partial charge in [0.2, 0.25) is 0 Å². The summed E-state index contributed by atoms with van der Waals surface area (Å²) in [4.78, 5) is 13.2. The number of rotatable bonds is 3. The number of benzene rings is 3. The van der Waals surface area contributed by atoms with Crippen molar-refractivity contribution in [1.82, 2.24) is 15.0 Å². The van der Waals surface area contributed by atoms with E-state index < -0.39 is 0 Å². The molecule has 0 atom stereocenters. The predicted molar refractivity (Wildman–Crippen MR) is 130 cm³/mol. The van der Waals surface area contributed by atoms with Crippen molar-refractivity contribution in [3.8, 4) is 33.8 Å². The molecule has 4 heteroatoms. The summed E-state index contributed by atoms with van der Waals surface area (Å²) >= 11 is 0. The van der Waals surface area contributed by atoms with Crippen LogP contribution in [0.25, 0.3) is 33.8 Å². The second kappa shape index (κ2) is 12.0. The van der Waals surface area contributed by atoms with Crippen molar-refractivity contribution in [3.05, 3.63) is 127 Å². The van der Waals surface area contributed by atoms with E-state index in [1.54, 1.807) is 6.20 Å². The van der Waals surface area contributed by atoms with Gasteiger partial charge in [-0.3, -0.25) is 9.97 Å². The summed E-state index contributed by atoms with van der Waals surface area (Å²) in [6, 6.07) is 36.4. The van der Waals surface area contributed by atoms with Crippen molar-refractivity contribution in [3.63, 3.8) is 0 Å². The van der Waals surface area contributed by atoms with E-state index in [9.17, 15) is 0 Å². The first-order valence-corrected chi connectivity index (χ1v) is 10.5. The van der Waals surface area contributed by atoms with Crippen molar-refractivity contribution >= 4 is 0 Å². The number of aryl methyl sites for hydroxylation is 2. The molecular weight excluding hydrogens is 583 g/mol. The number of aromatic nitrogens is 3. The molecule has 0 bridgehead atoms. The van der Waals surface area contributed by atoms with Gasteiger partial charge in [0.25, 0.3) is 0 Å². The molecular formula is C29H23IrN3-2. The van der Waals surface area contributed by atoms with Crippen LogP contribution in [0.2, 0.25) is 0 Å². The van der Waals surface area contributed by atoms with Crippen LogP contribution >= 0.6 is 0 Å². The van der Waals surface area contributed by atoms with Gasteiger partial charge in [-0.25, -0.2) is 0 Å². The number of pyridine rings is 1. The van der Waals surface area contributed by atoms with E-state index in [2.05, 4.69) is 51.4 Å². The summed E-state index contributed by atoms with van der Waals surface area (Å²) in [5.41, 5.74) is 7.39. The quantitative estimate of drug-likeness (QED) is 0.213. The van der Waals surface area contributed by atoms with Crippen LogP contribution in [0.15, 0.2) is 103 Å². The van der Waals surface area contributed by atoms with Gasteiger partial charge in [0.05, 0.1) is 5.82 Å². The maximum absolute atomic E-state index is 4.54. The minimum atomic E-state index is 0. The SMILES string of the molecule is Cc1cnc(-c2[c-]ccc(-c3ccccc3)c2)nc1C.[Ir].[c-]1ccccc1-c1ccccn1. The van der Waals surface area contributed by atoms with E-state index in [0.717, 1.165) is 39.5 Å². The van der Waals surface area contributed by atoms with E-state index in [4.69, 9.17) is 0 Å². The first-order valence-electron chi connectivity index (χ1n) is 10.5. The minimum absolute atomic E-state index is 0. The van der Waals surface area contributed by atoms with Crippen LogP contribution in [0.5, 0.6) is 0 Å². The zero-order chi connectivity index (χ0) is 22.2. The van der Waals surface area contributed by atoms with Gasteiger partial charge in [0, 0.05) is 38.2 Å². The summed E-state index contributed by atoms with van der Waals surface area (Å²) in [6.07, 6.45) is 3.65. The molecule has 0 aliphatic heterocycles. The van der Waals surface area contributed by atoms with Crippen LogP contribution in [0.3, 0.4) is 0 Å². The Bertz CT molecular complexity index is 1240. The molecule has 0 spiro atoms. The molecule has 0 saturated carbocycles. The largest absolute Gasteiger partial charge is 0.305 e. The Hall–Kier alpha value is -3.46. The Balaban J connectivity index is 0.000000202. The van der Waals surface area contributed by atoms with Gasteiger partial charge in [-0.1, -0.05) is 42.5 Å². The van der Waals surface area contributed by atoms with Crippen molar-refractivity contribution < 1.29 is 20.1 Å². The second-order valence-electron chi connectivity index (χ2n) is 7.31. The van der Waals surface area contributed by atoms with Crippen LogP contribution in [0.4, 0.5) is 0 Å². The van der Waals surface area contributed by atoms with E-state index in [1.165, 1.54) is 5.56 Å². The normalized spacial score (nSPS) is 9.88. The molecule has 0 aliphatic carbocycles. The molecule has 5 aromatic rings. The van der Waals surface area contributed by atoms with Crippen LogP contribution in [-0.2, 0) is 20.1 Å². The molecule has 0 fully saturated rings. The van der Waals surface area contributed by atoms with Gasteiger partial charge in [0.15, 0.2) is 0 Å². The van der Waals surface area contributed by atoms with Crippen LogP contribution < -0.4 is 0 Å². The molecule has 5 rings (SSSR count). The zero-order valence-electron chi connectivity index (χ0n) is 18.5. The average molecular weight is 606 g/mol. The summed E-state index contributed by atoms with van der Waals surface area (Å²) < 4.78 is 0. The van der Waals surface area contributed by atoms with Gasteiger partial charge in [-0.05, 0) is 36.7 Å². The Kier molecular flexibility index (Phi) is 8.77. The second-order valence-corrected chi connectivity index (χ2v) is 7.31. The molecule has 0 aliphatic rings. The van der Waals surface area contributed by atoms with E-state index >= 15 is 0 Å². The van der Waals surface area contributed by atoms with Crippen LogP contribution in [0.1, 0.15) is 11.3 Å².